The molecule has 2 aromatic carbocycles. The summed E-state index contributed by atoms with van der Waals surface area (Å²) in [6.45, 7) is 0.424. The van der Waals surface area contributed by atoms with Gasteiger partial charge in [0.05, 0.1) is 20.8 Å². The lowest BCUT2D eigenvalue weighted by Crippen LogP contribution is -2.33. The van der Waals surface area contributed by atoms with Crippen LogP contribution < -0.4 is 9.47 Å². The number of hydrogen-bond acceptors (Lipinski definition) is 3. The van der Waals surface area contributed by atoms with Gasteiger partial charge in [-0.25, -0.2) is 4.39 Å². The highest BCUT2D eigenvalue weighted by molar-refractivity contribution is 5.98. The van der Waals surface area contributed by atoms with Crippen molar-refractivity contribution in [1.29, 1.82) is 0 Å². The highest BCUT2D eigenvalue weighted by Gasteiger charge is 2.34. The number of H-pyrrole nitrogens is 1. The summed E-state index contributed by atoms with van der Waals surface area (Å²) in [6.07, 6.45) is 1.96. The summed E-state index contributed by atoms with van der Waals surface area (Å²) in [7, 11) is 3.22. The van der Waals surface area contributed by atoms with Crippen molar-refractivity contribution in [2.24, 2.45) is 0 Å². The van der Waals surface area contributed by atoms with Gasteiger partial charge in [-0.05, 0) is 55.3 Å². The highest BCUT2D eigenvalue weighted by atomic mass is 19.1. The number of halogens is 1. The number of hydrogen-bond donors (Lipinski definition) is 1. The Morgan fingerprint density at radius 1 is 1.15 bits per heavy atom. The van der Waals surface area contributed by atoms with E-state index in [-0.39, 0.29) is 17.8 Å². The molecule has 0 saturated heterocycles. The van der Waals surface area contributed by atoms with E-state index in [1.54, 1.807) is 26.4 Å². The van der Waals surface area contributed by atoms with Gasteiger partial charge in [0.25, 0.3) is 5.91 Å². The van der Waals surface area contributed by atoms with Crippen LogP contribution in [0.15, 0.2) is 42.5 Å². The summed E-state index contributed by atoms with van der Waals surface area (Å²) in [5, 5.41) is 0.688. The summed E-state index contributed by atoms with van der Waals surface area (Å²) < 4.78 is 24.2. The van der Waals surface area contributed by atoms with Crippen LogP contribution in [0.3, 0.4) is 0 Å². The van der Waals surface area contributed by atoms with Crippen LogP contribution in [0.5, 0.6) is 11.5 Å². The maximum atomic E-state index is 13.5. The number of ether oxygens (including phenoxy) is 2. The third kappa shape index (κ3) is 3.47. The predicted octanol–water partition coefficient (Wildman–Crippen LogP) is 4.13. The van der Waals surface area contributed by atoms with Crippen LogP contribution in [0.1, 0.15) is 28.9 Å². The molecular weight excluding hydrogens is 347 g/mol. The number of benzene rings is 2. The number of nitrogens with zero attached hydrogens (tertiary/aromatic N) is 1. The summed E-state index contributed by atoms with van der Waals surface area (Å²) in [4.78, 5) is 18.1. The molecule has 1 saturated carbocycles. The molecule has 6 heteroatoms. The van der Waals surface area contributed by atoms with Crippen molar-refractivity contribution in [3.63, 3.8) is 0 Å². The Bertz CT molecular complexity index is 994. The maximum Gasteiger partial charge on any atom is 0.270 e. The van der Waals surface area contributed by atoms with Crippen molar-refractivity contribution in [3.05, 3.63) is 59.5 Å². The van der Waals surface area contributed by atoms with E-state index in [0.29, 0.717) is 23.4 Å². The largest absolute Gasteiger partial charge is 0.497 e. The number of amides is 1. The van der Waals surface area contributed by atoms with E-state index in [2.05, 4.69) is 4.98 Å². The molecular formula is C21H21FN2O3. The van der Waals surface area contributed by atoms with E-state index >= 15 is 0 Å². The third-order valence-electron chi connectivity index (χ3n) is 4.89. The summed E-state index contributed by atoms with van der Waals surface area (Å²) in [5.74, 6) is 1.02. The second kappa shape index (κ2) is 6.95. The lowest BCUT2D eigenvalue weighted by molar-refractivity contribution is 0.0723. The summed E-state index contributed by atoms with van der Waals surface area (Å²) in [6, 6.07) is 11.9. The fraction of sp³-hybridized carbons (Fsp3) is 0.286. The smallest absolute Gasteiger partial charge is 0.270 e. The molecule has 1 aliphatic rings. The molecule has 140 valence electrons. The second-order valence-corrected chi connectivity index (χ2v) is 6.76. The molecule has 1 heterocycles. The molecule has 3 aromatic rings. The van der Waals surface area contributed by atoms with Crippen LogP contribution in [0.2, 0.25) is 0 Å². The minimum Gasteiger partial charge on any atom is -0.497 e. The molecule has 0 atom stereocenters. The molecule has 1 N–H and O–H groups in total. The van der Waals surface area contributed by atoms with Gasteiger partial charge in [0, 0.05) is 22.5 Å². The Morgan fingerprint density at radius 3 is 2.67 bits per heavy atom. The fourth-order valence-electron chi connectivity index (χ4n) is 3.32. The first kappa shape index (κ1) is 17.4. The number of carbonyl (C=O) groups is 1. The predicted molar refractivity (Wildman–Crippen MR) is 101 cm³/mol. The maximum absolute atomic E-state index is 13.5. The van der Waals surface area contributed by atoms with Crippen molar-refractivity contribution in [2.45, 2.75) is 25.4 Å². The van der Waals surface area contributed by atoms with Crippen LogP contribution >= 0.6 is 0 Å². The van der Waals surface area contributed by atoms with Crippen LogP contribution in [-0.2, 0) is 6.54 Å². The molecule has 5 nitrogen and oxygen atoms in total. The van der Waals surface area contributed by atoms with Crippen LogP contribution in [0.4, 0.5) is 4.39 Å². The molecule has 27 heavy (non-hydrogen) atoms. The number of rotatable bonds is 6. The first-order valence-corrected chi connectivity index (χ1v) is 8.89. The van der Waals surface area contributed by atoms with Gasteiger partial charge in [-0.2, -0.15) is 0 Å². The van der Waals surface area contributed by atoms with E-state index in [9.17, 15) is 9.18 Å². The van der Waals surface area contributed by atoms with Crippen molar-refractivity contribution >= 4 is 16.8 Å². The number of carbonyl (C=O) groups excluding carboxylic acids is 1. The number of methoxy groups -OCH3 is 2. The summed E-state index contributed by atoms with van der Waals surface area (Å²) >= 11 is 0. The first-order chi connectivity index (χ1) is 13.1. The van der Waals surface area contributed by atoms with Gasteiger partial charge < -0.3 is 19.4 Å². The number of fused-ring (bicyclic) bond motifs is 1. The van der Waals surface area contributed by atoms with Crippen LogP contribution in [0.25, 0.3) is 10.9 Å². The van der Waals surface area contributed by atoms with E-state index in [1.165, 1.54) is 12.1 Å². The quantitative estimate of drug-likeness (QED) is 0.712. The van der Waals surface area contributed by atoms with E-state index < -0.39 is 0 Å². The van der Waals surface area contributed by atoms with Gasteiger partial charge in [0.15, 0.2) is 0 Å². The SMILES string of the molecule is COc1ccc(OC)c(CN(C(=O)c2cc3cc(F)ccc3[nH]2)C2CC2)c1. The average molecular weight is 368 g/mol. The topological polar surface area (TPSA) is 54.6 Å². The molecule has 0 spiro atoms. The molecule has 0 bridgehead atoms. The Morgan fingerprint density at radius 2 is 1.96 bits per heavy atom. The second-order valence-electron chi connectivity index (χ2n) is 6.76. The third-order valence-corrected chi connectivity index (χ3v) is 4.89. The molecule has 4 rings (SSSR count). The lowest BCUT2D eigenvalue weighted by atomic mass is 10.1. The zero-order valence-electron chi connectivity index (χ0n) is 15.3. The lowest BCUT2D eigenvalue weighted by Gasteiger charge is -2.23. The van der Waals surface area contributed by atoms with Crippen LogP contribution in [0, 0.1) is 5.82 Å². The number of aromatic amines is 1. The van der Waals surface area contributed by atoms with Crippen molar-refractivity contribution in [2.75, 3.05) is 14.2 Å². The highest BCUT2D eigenvalue weighted by Crippen LogP contribution is 2.33. The molecule has 1 aliphatic carbocycles. The van der Waals surface area contributed by atoms with Crippen molar-refractivity contribution in [1.82, 2.24) is 9.88 Å². The number of nitrogens with one attached hydrogen (secondary N) is 1. The Balaban J connectivity index is 1.65. The zero-order chi connectivity index (χ0) is 19.0. The normalized spacial score (nSPS) is 13.6. The van der Waals surface area contributed by atoms with E-state index in [1.807, 2.05) is 23.1 Å². The minimum atomic E-state index is -0.319. The molecule has 0 aliphatic heterocycles. The van der Waals surface area contributed by atoms with Crippen molar-refractivity contribution < 1.29 is 18.7 Å². The Hall–Kier alpha value is -3.02. The van der Waals surface area contributed by atoms with Gasteiger partial charge >= 0.3 is 0 Å². The fourth-order valence-corrected chi connectivity index (χ4v) is 3.32. The monoisotopic (exact) mass is 368 g/mol. The Labute approximate surface area is 156 Å². The van der Waals surface area contributed by atoms with Gasteiger partial charge in [-0.15, -0.1) is 0 Å². The number of aromatic nitrogens is 1. The first-order valence-electron chi connectivity index (χ1n) is 8.89. The van der Waals surface area contributed by atoms with Crippen molar-refractivity contribution in [3.8, 4) is 11.5 Å². The molecule has 1 amide bonds. The molecule has 1 aromatic heterocycles. The van der Waals surface area contributed by atoms with E-state index in [0.717, 1.165) is 29.7 Å². The van der Waals surface area contributed by atoms with Gasteiger partial charge in [-0.3, -0.25) is 4.79 Å². The average Bonchev–Trinajstić information content (AvgIpc) is 3.43. The zero-order valence-corrected chi connectivity index (χ0v) is 15.3. The standard InChI is InChI=1S/C21H21FN2O3/c1-26-17-6-8-20(27-2)14(10-17)12-24(16-4-5-16)21(25)19-11-13-9-15(22)3-7-18(13)23-19/h3,6-11,16,23H,4-5,12H2,1-2H3. The summed E-state index contributed by atoms with van der Waals surface area (Å²) in [5.41, 5.74) is 2.10. The van der Waals surface area contributed by atoms with Gasteiger partial charge in [0.2, 0.25) is 0 Å². The van der Waals surface area contributed by atoms with Crippen LogP contribution in [-0.4, -0.2) is 36.1 Å². The van der Waals surface area contributed by atoms with Gasteiger partial charge in [-0.1, -0.05) is 0 Å². The molecule has 0 radical (unpaired) electrons. The molecule has 0 unspecified atom stereocenters. The minimum absolute atomic E-state index is 0.0982. The molecule has 1 fully saturated rings. The van der Waals surface area contributed by atoms with E-state index in [4.69, 9.17) is 9.47 Å². The Kier molecular flexibility index (Phi) is 4.48. The van der Waals surface area contributed by atoms with Gasteiger partial charge in [0.1, 0.15) is 23.0 Å².